The zero-order valence-electron chi connectivity index (χ0n) is 22.3. The second-order valence-corrected chi connectivity index (χ2v) is 11.4. The number of pyridine rings is 1. The maximum absolute atomic E-state index is 13.4. The lowest BCUT2D eigenvalue weighted by Gasteiger charge is -2.36. The number of benzene rings is 1. The Kier molecular flexibility index (Phi) is 7.03. The van der Waals surface area contributed by atoms with Crippen molar-refractivity contribution in [1.82, 2.24) is 30.6 Å². The van der Waals surface area contributed by atoms with Gasteiger partial charge in [0.05, 0.1) is 11.6 Å². The van der Waals surface area contributed by atoms with Gasteiger partial charge in [0.2, 0.25) is 11.8 Å². The number of fused-ring (bicyclic) bond motifs is 2. The summed E-state index contributed by atoms with van der Waals surface area (Å²) >= 11 is 0. The molecule has 5 atom stereocenters. The number of aryl methyl sites for hydroxylation is 1. The topological polar surface area (TPSA) is 91.3 Å². The molecule has 2 saturated heterocycles. The van der Waals surface area contributed by atoms with Gasteiger partial charge in [0, 0.05) is 61.5 Å². The Morgan fingerprint density at radius 1 is 1.13 bits per heavy atom. The highest BCUT2D eigenvalue weighted by atomic mass is 16.2. The lowest BCUT2D eigenvalue weighted by molar-refractivity contribution is -0.127. The summed E-state index contributed by atoms with van der Waals surface area (Å²) in [7, 11) is 0. The molecule has 6 rings (SSSR count). The first-order valence-corrected chi connectivity index (χ1v) is 14.0. The lowest BCUT2D eigenvalue weighted by atomic mass is 9.74. The molecular formula is C30H38N6O2. The Balaban J connectivity index is 1.09. The van der Waals surface area contributed by atoms with Crippen LogP contribution in [0, 0.1) is 18.8 Å². The fourth-order valence-electron chi connectivity index (χ4n) is 6.90. The fraction of sp³-hybridized carbons (Fsp3) is 0.500. The molecule has 0 radical (unpaired) electrons. The maximum Gasteiger partial charge on any atom is 0.227 e. The molecule has 2 aliphatic heterocycles. The van der Waals surface area contributed by atoms with Gasteiger partial charge in [0.1, 0.15) is 0 Å². The molecule has 1 aromatic carbocycles. The predicted molar refractivity (Wildman–Crippen MR) is 147 cm³/mol. The number of piperidine rings is 1. The first-order chi connectivity index (χ1) is 18.5. The number of rotatable bonds is 5. The van der Waals surface area contributed by atoms with E-state index in [0.29, 0.717) is 12.0 Å². The Morgan fingerprint density at radius 2 is 2.00 bits per heavy atom. The van der Waals surface area contributed by atoms with Crippen LogP contribution in [0.3, 0.4) is 0 Å². The summed E-state index contributed by atoms with van der Waals surface area (Å²) in [5.41, 5.74) is 11.4. The second kappa shape index (κ2) is 10.6. The van der Waals surface area contributed by atoms with E-state index in [9.17, 15) is 9.59 Å². The van der Waals surface area contributed by atoms with E-state index in [1.165, 1.54) is 11.1 Å². The van der Waals surface area contributed by atoms with E-state index in [1.807, 2.05) is 37.5 Å². The molecule has 3 aromatic rings. The summed E-state index contributed by atoms with van der Waals surface area (Å²) < 4.78 is 1.75. The lowest BCUT2D eigenvalue weighted by Crippen LogP contribution is -2.50. The summed E-state index contributed by atoms with van der Waals surface area (Å²) in [6, 6.07) is 13.1. The van der Waals surface area contributed by atoms with E-state index < -0.39 is 0 Å². The first kappa shape index (κ1) is 25.2. The van der Waals surface area contributed by atoms with Gasteiger partial charge in [-0.1, -0.05) is 18.2 Å². The van der Waals surface area contributed by atoms with Crippen molar-refractivity contribution in [2.24, 2.45) is 11.8 Å². The van der Waals surface area contributed by atoms with Crippen LogP contribution in [0.5, 0.6) is 0 Å². The van der Waals surface area contributed by atoms with E-state index in [4.69, 9.17) is 0 Å². The number of nitrogens with zero attached hydrogens (tertiary/aromatic N) is 3. The molecule has 0 spiro atoms. The van der Waals surface area contributed by atoms with Crippen molar-refractivity contribution in [1.29, 1.82) is 0 Å². The Hall–Kier alpha value is -3.07. The second-order valence-electron chi connectivity index (χ2n) is 11.4. The number of nitrogens with one attached hydrogen (secondary N) is 3. The van der Waals surface area contributed by atoms with Gasteiger partial charge in [-0.3, -0.25) is 29.5 Å². The van der Waals surface area contributed by atoms with Crippen LogP contribution >= 0.6 is 0 Å². The number of hydrogen-bond acceptors (Lipinski definition) is 6. The quantitative estimate of drug-likeness (QED) is 0.481. The monoisotopic (exact) mass is 514 g/mol. The summed E-state index contributed by atoms with van der Waals surface area (Å²) in [6.45, 7) is 6.25. The third-order valence-electron chi connectivity index (χ3n) is 8.78. The zero-order chi connectivity index (χ0) is 26.2. The van der Waals surface area contributed by atoms with E-state index in [1.54, 1.807) is 11.5 Å². The average molecular weight is 515 g/mol. The van der Waals surface area contributed by atoms with Gasteiger partial charge in [0.25, 0.3) is 0 Å². The van der Waals surface area contributed by atoms with Gasteiger partial charge in [-0.25, -0.2) is 5.43 Å². The van der Waals surface area contributed by atoms with Crippen molar-refractivity contribution >= 4 is 22.7 Å². The van der Waals surface area contributed by atoms with Crippen LogP contribution in [0.25, 0.3) is 10.9 Å². The summed E-state index contributed by atoms with van der Waals surface area (Å²) in [5.74, 6) is 0.676. The smallest absolute Gasteiger partial charge is 0.227 e. The number of hydrogen-bond donors (Lipinski definition) is 3. The van der Waals surface area contributed by atoms with Crippen LogP contribution in [0.1, 0.15) is 66.7 Å². The van der Waals surface area contributed by atoms with Gasteiger partial charge in [0.15, 0.2) is 0 Å². The summed E-state index contributed by atoms with van der Waals surface area (Å²) in [5, 5.41) is 4.55. The van der Waals surface area contributed by atoms with Crippen molar-refractivity contribution in [3.8, 4) is 0 Å². The first-order valence-electron chi connectivity index (χ1n) is 14.0. The number of amides is 1. The molecule has 8 heteroatoms. The van der Waals surface area contributed by atoms with Crippen LogP contribution in [0.4, 0.5) is 0 Å². The van der Waals surface area contributed by atoms with Crippen molar-refractivity contribution in [2.45, 2.75) is 70.6 Å². The predicted octanol–water partition coefficient (Wildman–Crippen LogP) is 3.72. The van der Waals surface area contributed by atoms with Crippen LogP contribution in [0.15, 0.2) is 48.8 Å². The average Bonchev–Trinajstić information content (AvgIpc) is 3.50. The van der Waals surface area contributed by atoms with E-state index in [-0.39, 0.29) is 29.8 Å². The Morgan fingerprint density at radius 3 is 2.84 bits per heavy atom. The molecule has 1 aliphatic carbocycles. The van der Waals surface area contributed by atoms with Gasteiger partial charge in [-0.05, 0) is 80.8 Å². The van der Waals surface area contributed by atoms with Crippen LogP contribution in [0.2, 0.25) is 0 Å². The molecular weight excluding hydrogens is 476 g/mol. The van der Waals surface area contributed by atoms with Crippen LogP contribution in [-0.2, 0) is 11.3 Å². The molecule has 3 N–H and O–H groups in total. The van der Waals surface area contributed by atoms with E-state index in [0.717, 1.165) is 68.3 Å². The minimum atomic E-state index is 0.0277. The molecule has 2 aromatic heterocycles. The molecule has 8 nitrogen and oxygen atoms in total. The minimum absolute atomic E-state index is 0.0277. The minimum Gasteiger partial charge on any atom is -0.352 e. The highest BCUT2D eigenvalue weighted by Crippen LogP contribution is 2.40. The summed E-state index contributed by atoms with van der Waals surface area (Å²) in [4.78, 5) is 32.4. The maximum atomic E-state index is 13.4. The van der Waals surface area contributed by atoms with Crippen molar-refractivity contribution in [3.63, 3.8) is 0 Å². The fourth-order valence-corrected chi connectivity index (χ4v) is 6.90. The molecule has 4 heterocycles. The Labute approximate surface area is 224 Å². The highest BCUT2D eigenvalue weighted by Gasteiger charge is 2.43. The normalized spacial score (nSPS) is 27.8. The number of aromatic nitrogens is 2. The number of hydrazine groups is 1. The molecule has 1 saturated carbocycles. The molecule has 3 aliphatic rings. The number of carbonyl (C=O) groups is 2. The number of likely N-dealkylation sites (tertiary alicyclic amines) is 1. The number of carbonyl (C=O) groups excluding carboxylic acids is 2. The van der Waals surface area contributed by atoms with E-state index >= 15 is 0 Å². The third-order valence-corrected chi connectivity index (χ3v) is 8.78. The van der Waals surface area contributed by atoms with Crippen molar-refractivity contribution in [3.05, 3.63) is 65.6 Å². The van der Waals surface area contributed by atoms with E-state index in [2.05, 4.69) is 44.3 Å². The van der Waals surface area contributed by atoms with Gasteiger partial charge < -0.3 is 5.32 Å². The molecule has 4 unspecified atom stereocenters. The standard InChI is InChI=1S/C30H38N6O2/c1-19-14-21(11-12-31-19)29-26-15-22(9-10-27(26)33-34-29)30(38)32-24-6-5-13-35(18-24)16-23-17-36(20(2)37)28-8-4-3-7-25(23)28/h3-4,7-8,11-12,14,17,22,24,26-27,29,33-34H,5-6,9-10,13,15-16,18H2,1-2H3,(H,32,38)/t22?,24-,26?,27?,29?/m1/s1. The molecule has 200 valence electrons. The van der Waals surface area contributed by atoms with Gasteiger partial charge >= 0.3 is 0 Å². The van der Waals surface area contributed by atoms with Crippen molar-refractivity contribution < 1.29 is 9.59 Å². The third kappa shape index (κ3) is 5.00. The SMILES string of the molecule is CC(=O)n1cc(CN2CCC[C@@H](NC(=O)C3CCC4NNC(c5ccnc(C)c5)C4C3)C2)c2ccccc21. The molecule has 0 bridgehead atoms. The van der Waals surface area contributed by atoms with Crippen molar-refractivity contribution in [2.75, 3.05) is 13.1 Å². The van der Waals surface area contributed by atoms with Gasteiger partial charge in [-0.2, -0.15) is 0 Å². The zero-order valence-corrected chi connectivity index (χ0v) is 22.3. The highest BCUT2D eigenvalue weighted by molar-refractivity contribution is 5.93. The molecule has 3 fully saturated rings. The largest absolute Gasteiger partial charge is 0.352 e. The molecule has 38 heavy (non-hydrogen) atoms. The number of para-hydroxylation sites is 1. The molecule has 1 amide bonds. The van der Waals surface area contributed by atoms with Crippen LogP contribution < -0.4 is 16.2 Å². The van der Waals surface area contributed by atoms with Gasteiger partial charge in [-0.15, -0.1) is 0 Å². The van der Waals surface area contributed by atoms with Crippen LogP contribution in [-0.4, -0.2) is 51.4 Å². The summed E-state index contributed by atoms with van der Waals surface area (Å²) in [6.07, 6.45) is 8.75. The Bertz CT molecular complexity index is 1340.